The van der Waals surface area contributed by atoms with E-state index in [2.05, 4.69) is 71.0 Å². The molecule has 3 heteroatoms. The highest BCUT2D eigenvalue weighted by molar-refractivity contribution is 6.06. The van der Waals surface area contributed by atoms with Gasteiger partial charge >= 0.3 is 0 Å². The predicted molar refractivity (Wildman–Crippen MR) is 132 cm³/mol. The third kappa shape index (κ3) is 3.47. The van der Waals surface area contributed by atoms with Crippen molar-refractivity contribution in [3.05, 3.63) is 95.6 Å². The maximum absolute atomic E-state index is 14.2. The molecule has 1 aliphatic rings. The number of Topliss-reactive ketones (excluding diaryl/α,β-unsaturated/α-hetero) is 1. The van der Waals surface area contributed by atoms with Crippen molar-refractivity contribution in [3.63, 3.8) is 0 Å². The van der Waals surface area contributed by atoms with Gasteiger partial charge in [-0.3, -0.25) is 9.69 Å². The fraction of sp³-hybridized carbons (Fsp3) is 0.276. The lowest BCUT2D eigenvalue weighted by Crippen LogP contribution is -2.32. The number of benzene rings is 3. The highest BCUT2D eigenvalue weighted by Gasteiger charge is 2.36. The zero-order valence-electron chi connectivity index (χ0n) is 18.9. The molecule has 0 spiro atoms. The van der Waals surface area contributed by atoms with Crippen LogP contribution in [0, 0.1) is 6.92 Å². The van der Waals surface area contributed by atoms with Gasteiger partial charge in [0.1, 0.15) is 6.04 Å². The van der Waals surface area contributed by atoms with Crippen molar-refractivity contribution in [2.75, 3.05) is 13.1 Å². The first-order valence-electron chi connectivity index (χ1n) is 11.7. The number of carbonyl (C=O) groups excluding carboxylic acids is 1. The van der Waals surface area contributed by atoms with E-state index >= 15 is 0 Å². The summed E-state index contributed by atoms with van der Waals surface area (Å²) in [6.07, 6.45) is 2.29. The van der Waals surface area contributed by atoms with Crippen LogP contribution in [0.2, 0.25) is 0 Å². The van der Waals surface area contributed by atoms with Crippen molar-refractivity contribution < 1.29 is 4.79 Å². The maximum atomic E-state index is 14.2. The Kier molecular flexibility index (Phi) is 5.67. The maximum Gasteiger partial charge on any atom is 0.184 e. The molecule has 32 heavy (non-hydrogen) atoms. The van der Waals surface area contributed by atoms with Gasteiger partial charge in [0, 0.05) is 28.6 Å². The molecule has 0 N–H and O–H groups in total. The van der Waals surface area contributed by atoms with Crippen LogP contribution in [0.3, 0.4) is 0 Å². The first-order valence-corrected chi connectivity index (χ1v) is 11.7. The first kappa shape index (κ1) is 20.7. The number of aryl methyl sites for hydroxylation is 2. The van der Waals surface area contributed by atoms with E-state index in [-0.39, 0.29) is 11.8 Å². The topological polar surface area (TPSA) is 25.2 Å². The van der Waals surface area contributed by atoms with Crippen molar-refractivity contribution in [3.8, 4) is 11.3 Å². The Balaban J connectivity index is 1.82. The third-order valence-corrected chi connectivity index (χ3v) is 6.81. The minimum absolute atomic E-state index is 0.209. The molecule has 3 nitrogen and oxygen atoms in total. The van der Waals surface area contributed by atoms with Crippen LogP contribution in [0.15, 0.2) is 78.9 Å². The van der Waals surface area contributed by atoms with Crippen LogP contribution in [-0.2, 0) is 6.54 Å². The van der Waals surface area contributed by atoms with Gasteiger partial charge in [-0.2, -0.15) is 0 Å². The predicted octanol–water partition coefficient (Wildman–Crippen LogP) is 6.66. The fourth-order valence-electron chi connectivity index (χ4n) is 5.32. The molecule has 3 aromatic carbocycles. The normalized spacial score (nSPS) is 15.3. The van der Waals surface area contributed by atoms with Crippen molar-refractivity contribution in [1.29, 1.82) is 0 Å². The second-order valence-corrected chi connectivity index (χ2v) is 8.71. The molecule has 162 valence electrons. The number of ketones is 1. The summed E-state index contributed by atoms with van der Waals surface area (Å²) < 4.78 is 2.38. The van der Waals surface area contributed by atoms with Gasteiger partial charge in [-0.25, -0.2) is 0 Å². The van der Waals surface area contributed by atoms with Gasteiger partial charge in [-0.05, 0) is 57.0 Å². The lowest BCUT2D eigenvalue weighted by Gasteiger charge is -2.28. The van der Waals surface area contributed by atoms with Gasteiger partial charge in [0.25, 0.3) is 0 Å². The van der Waals surface area contributed by atoms with Crippen LogP contribution in [0.5, 0.6) is 0 Å². The lowest BCUT2D eigenvalue weighted by atomic mass is 9.90. The van der Waals surface area contributed by atoms with Crippen LogP contribution in [-0.4, -0.2) is 28.3 Å². The van der Waals surface area contributed by atoms with Crippen LogP contribution in [0.25, 0.3) is 22.2 Å². The van der Waals surface area contributed by atoms with Crippen LogP contribution >= 0.6 is 0 Å². The smallest absolute Gasteiger partial charge is 0.184 e. The molecule has 4 aromatic rings. The highest BCUT2D eigenvalue weighted by atomic mass is 16.1. The molecule has 0 bridgehead atoms. The number of rotatable bonds is 6. The average Bonchev–Trinajstić information content (AvgIpc) is 3.47. The minimum atomic E-state index is -0.286. The van der Waals surface area contributed by atoms with E-state index < -0.39 is 0 Å². The van der Waals surface area contributed by atoms with Crippen LogP contribution in [0.4, 0.5) is 0 Å². The number of carbonyl (C=O) groups is 1. The Bertz CT molecular complexity index is 1250. The van der Waals surface area contributed by atoms with E-state index in [9.17, 15) is 4.79 Å². The molecule has 0 radical (unpaired) electrons. The van der Waals surface area contributed by atoms with Crippen molar-refractivity contribution in [2.45, 2.75) is 39.3 Å². The van der Waals surface area contributed by atoms with E-state index in [1.165, 1.54) is 22.2 Å². The summed E-state index contributed by atoms with van der Waals surface area (Å²) in [5.41, 5.74) is 6.57. The molecule has 1 aromatic heterocycles. The van der Waals surface area contributed by atoms with Gasteiger partial charge in [0.15, 0.2) is 5.78 Å². The van der Waals surface area contributed by atoms with E-state index in [1.54, 1.807) is 0 Å². The van der Waals surface area contributed by atoms with E-state index in [1.807, 2.05) is 31.2 Å². The number of hydrogen-bond acceptors (Lipinski definition) is 2. The molecular weight excluding hydrogens is 392 g/mol. The molecule has 0 aliphatic carbocycles. The van der Waals surface area contributed by atoms with E-state index in [0.29, 0.717) is 0 Å². The molecule has 1 fully saturated rings. The average molecular weight is 423 g/mol. The van der Waals surface area contributed by atoms with Gasteiger partial charge in [-0.1, -0.05) is 72.8 Å². The molecule has 0 saturated carbocycles. The summed E-state index contributed by atoms with van der Waals surface area (Å²) in [7, 11) is 0. The Morgan fingerprint density at radius 2 is 1.53 bits per heavy atom. The van der Waals surface area contributed by atoms with Gasteiger partial charge in [0.05, 0.1) is 5.69 Å². The van der Waals surface area contributed by atoms with Gasteiger partial charge in [0.2, 0.25) is 0 Å². The monoisotopic (exact) mass is 422 g/mol. The van der Waals surface area contributed by atoms with Crippen molar-refractivity contribution in [2.24, 2.45) is 0 Å². The van der Waals surface area contributed by atoms with Crippen molar-refractivity contribution >= 4 is 16.7 Å². The summed E-state index contributed by atoms with van der Waals surface area (Å²) in [6, 6.07) is 26.9. The number of aromatic nitrogens is 1. The lowest BCUT2D eigenvalue weighted by molar-refractivity contribution is 0.0849. The van der Waals surface area contributed by atoms with Gasteiger partial charge in [-0.15, -0.1) is 0 Å². The molecule has 1 saturated heterocycles. The highest BCUT2D eigenvalue weighted by Crippen LogP contribution is 2.42. The molecule has 1 unspecified atom stereocenters. The number of likely N-dealkylation sites (tertiary alicyclic amines) is 1. The van der Waals surface area contributed by atoms with Crippen molar-refractivity contribution in [1.82, 2.24) is 9.47 Å². The number of nitrogens with zero attached hydrogens (tertiary/aromatic N) is 2. The van der Waals surface area contributed by atoms with E-state index in [4.69, 9.17) is 0 Å². The quantitative estimate of drug-likeness (QED) is 0.325. The second-order valence-electron chi connectivity index (χ2n) is 8.71. The zero-order valence-corrected chi connectivity index (χ0v) is 18.9. The molecular formula is C29H30N2O. The number of hydrogen-bond donors (Lipinski definition) is 0. The molecule has 0 amide bonds. The third-order valence-electron chi connectivity index (χ3n) is 6.81. The summed E-state index contributed by atoms with van der Waals surface area (Å²) >= 11 is 0. The largest absolute Gasteiger partial charge is 0.340 e. The molecule has 5 rings (SSSR count). The summed E-state index contributed by atoms with van der Waals surface area (Å²) in [6.45, 7) is 7.01. The Hall–Kier alpha value is -3.17. The summed E-state index contributed by atoms with van der Waals surface area (Å²) in [4.78, 5) is 16.6. The molecule has 1 atom stereocenters. The van der Waals surface area contributed by atoms with Gasteiger partial charge < -0.3 is 4.57 Å². The number of para-hydroxylation sites is 1. The number of fused-ring (bicyclic) bond motifs is 1. The van der Waals surface area contributed by atoms with Crippen LogP contribution < -0.4 is 0 Å². The second kappa shape index (κ2) is 8.76. The zero-order chi connectivity index (χ0) is 22.1. The molecule has 2 heterocycles. The Morgan fingerprint density at radius 1 is 0.875 bits per heavy atom. The molecule has 1 aliphatic heterocycles. The Morgan fingerprint density at radius 3 is 2.25 bits per heavy atom. The van der Waals surface area contributed by atoms with E-state index in [0.717, 1.165) is 49.2 Å². The fourth-order valence-corrected chi connectivity index (χ4v) is 5.32. The SMILES string of the molecule is CCn1c(-c2ccccc2)c(C(C(=O)c2ccccc2C)N2CCCC2)c2ccccc21. The van der Waals surface area contributed by atoms with Crippen LogP contribution in [0.1, 0.15) is 47.3 Å². The minimum Gasteiger partial charge on any atom is -0.340 e. The standard InChI is InChI=1S/C29H30N2O/c1-3-31-25-18-10-9-17-24(25)26(27(31)22-14-5-4-6-15-22)28(30-19-11-12-20-30)29(32)23-16-8-7-13-21(23)2/h4-10,13-18,28H,3,11-12,19-20H2,1-2H3. The Labute approximate surface area is 190 Å². The summed E-state index contributed by atoms with van der Waals surface area (Å²) in [5.74, 6) is 0.209. The summed E-state index contributed by atoms with van der Waals surface area (Å²) in [5, 5.41) is 1.19. The first-order chi connectivity index (χ1) is 15.7.